The topological polar surface area (TPSA) is 46.2 Å². The fourth-order valence-corrected chi connectivity index (χ4v) is 3.12. The van der Waals surface area contributed by atoms with E-state index in [9.17, 15) is 35.8 Å². The van der Waals surface area contributed by atoms with Crippen molar-refractivity contribution in [1.82, 2.24) is 0 Å². The van der Waals surface area contributed by atoms with Crippen molar-refractivity contribution in [2.75, 3.05) is 0 Å². The SMILES string of the molecule is Cl.N[C@@H](c1c(F)cc(C(F)(F)F)cc1C(F)(F)F)[C@H](O)C1CCCC1. The summed E-state index contributed by atoms with van der Waals surface area (Å²) < 4.78 is 91.4. The molecular formula is C15H17ClF7NO. The average molecular weight is 396 g/mol. The maximum atomic E-state index is 14.1. The Morgan fingerprint density at radius 3 is 1.96 bits per heavy atom. The first-order valence-electron chi connectivity index (χ1n) is 7.34. The molecule has 1 aliphatic rings. The minimum atomic E-state index is -5.23. The lowest BCUT2D eigenvalue weighted by atomic mass is 9.87. The number of halogens is 8. The van der Waals surface area contributed by atoms with Crippen LogP contribution in [0.3, 0.4) is 0 Å². The van der Waals surface area contributed by atoms with Gasteiger partial charge in [-0.15, -0.1) is 12.4 Å². The molecule has 2 rings (SSSR count). The Labute approximate surface area is 145 Å². The summed E-state index contributed by atoms with van der Waals surface area (Å²) in [5.74, 6) is -2.12. The lowest BCUT2D eigenvalue weighted by Crippen LogP contribution is -2.34. The van der Waals surface area contributed by atoms with E-state index in [1.165, 1.54) is 0 Å². The number of rotatable bonds is 3. The molecular weight excluding hydrogens is 379 g/mol. The maximum absolute atomic E-state index is 14.1. The summed E-state index contributed by atoms with van der Waals surface area (Å²) in [6.07, 6.45) is -9.25. The first-order chi connectivity index (χ1) is 10.9. The van der Waals surface area contributed by atoms with Gasteiger partial charge in [-0.25, -0.2) is 4.39 Å². The van der Waals surface area contributed by atoms with E-state index in [4.69, 9.17) is 5.73 Å². The standard InChI is InChI=1S/C15H16F7NO.ClH/c16-10-6-8(14(17,18)19)5-9(15(20,21)22)11(10)12(23)13(24)7-3-1-2-4-7;/h5-7,12-13,24H,1-4,23H2;1H/t12-,13+;/m0./s1. The zero-order valence-electron chi connectivity index (χ0n) is 12.8. The molecule has 25 heavy (non-hydrogen) atoms. The third-order valence-electron chi connectivity index (χ3n) is 4.35. The van der Waals surface area contributed by atoms with Crippen LogP contribution in [-0.2, 0) is 12.4 Å². The van der Waals surface area contributed by atoms with Gasteiger partial charge in [-0.1, -0.05) is 12.8 Å². The van der Waals surface area contributed by atoms with Crippen molar-refractivity contribution in [3.63, 3.8) is 0 Å². The van der Waals surface area contributed by atoms with Crippen molar-refractivity contribution in [2.45, 2.75) is 50.2 Å². The summed E-state index contributed by atoms with van der Waals surface area (Å²) in [5, 5.41) is 10.1. The third-order valence-corrected chi connectivity index (χ3v) is 4.35. The molecule has 1 fully saturated rings. The normalized spacial score (nSPS) is 18.8. The highest BCUT2D eigenvalue weighted by atomic mass is 35.5. The minimum absolute atomic E-state index is 0. The Kier molecular flexibility index (Phi) is 6.75. The molecule has 0 spiro atoms. The van der Waals surface area contributed by atoms with Gasteiger partial charge in [0.15, 0.2) is 0 Å². The molecule has 3 N–H and O–H groups in total. The number of alkyl halides is 6. The minimum Gasteiger partial charge on any atom is -0.391 e. The Balaban J connectivity index is 0.00000312. The number of aliphatic hydroxyl groups excluding tert-OH is 1. The molecule has 1 aliphatic carbocycles. The lowest BCUT2D eigenvalue weighted by molar-refractivity contribution is -0.144. The van der Waals surface area contributed by atoms with Gasteiger partial charge in [0.05, 0.1) is 23.3 Å². The fraction of sp³-hybridized carbons (Fsp3) is 0.600. The van der Waals surface area contributed by atoms with Gasteiger partial charge in [0.2, 0.25) is 0 Å². The van der Waals surface area contributed by atoms with E-state index in [1.807, 2.05) is 0 Å². The molecule has 0 unspecified atom stereocenters. The summed E-state index contributed by atoms with van der Waals surface area (Å²) in [5.41, 5.74) is 0.917. The highest BCUT2D eigenvalue weighted by Gasteiger charge is 2.42. The van der Waals surface area contributed by atoms with Crippen molar-refractivity contribution >= 4 is 12.4 Å². The fourth-order valence-electron chi connectivity index (χ4n) is 3.12. The quantitative estimate of drug-likeness (QED) is 0.720. The molecule has 0 bridgehead atoms. The molecule has 0 aliphatic heterocycles. The summed E-state index contributed by atoms with van der Waals surface area (Å²) in [6.45, 7) is 0. The molecule has 2 atom stereocenters. The van der Waals surface area contributed by atoms with E-state index in [0.29, 0.717) is 12.8 Å². The van der Waals surface area contributed by atoms with Gasteiger partial charge in [0.1, 0.15) is 5.82 Å². The van der Waals surface area contributed by atoms with Crippen LogP contribution in [0, 0.1) is 11.7 Å². The van der Waals surface area contributed by atoms with E-state index in [-0.39, 0.29) is 24.5 Å². The van der Waals surface area contributed by atoms with E-state index in [1.54, 1.807) is 0 Å². The van der Waals surface area contributed by atoms with Crippen LogP contribution < -0.4 is 5.73 Å². The van der Waals surface area contributed by atoms with Gasteiger partial charge in [-0.3, -0.25) is 0 Å². The van der Waals surface area contributed by atoms with Crippen LogP contribution in [-0.4, -0.2) is 11.2 Å². The van der Waals surface area contributed by atoms with E-state index < -0.39 is 52.9 Å². The summed E-state index contributed by atoms with van der Waals surface area (Å²) in [6, 6.07) is -1.95. The van der Waals surface area contributed by atoms with Gasteiger partial charge >= 0.3 is 12.4 Å². The van der Waals surface area contributed by atoms with Crippen LogP contribution in [0.4, 0.5) is 30.7 Å². The predicted molar refractivity (Wildman–Crippen MR) is 78.5 cm³/mol. The molecule has 144 valence electrons. The molecule has 0 radical (unpaired) electrons. The molecule has 0 saturated heterocycles. The number of hydrogen-bond donors (Lipinski definition) is 2. The van der Waals surface area contributed by atoms with Gasteiger partial charge in [-0.05, 0) is 30.9 Å². The molecule has 1 saturated carbocycles. The molecule has 1 aromatic rings. The highest BCUT2D eigenvalue weighted by molar-refractivity contribution is 5.85. The van der Waals surface area contributed by atoms with Crippen LogP contribution in [0.1, 0.15) is 48.4 Å². The van der Waals surface area contributed by atoms with E-state index in [0.717, 1.165) is 12.8 Å². The van der Waals surface area contributed by atoms with Crippen molar-refractivity contribution in [2.24, 2.45) is 11.7 Å². The molecule has 0 heterocycles. The summed E-state index contributed by atoms with van der Waals surface area (Å²) in [7, 11) is 0. The number of aliphatic hydroxyl groups is 1. The Hall–Kier alpha value is -1.06. The van der Waals surface area contributed by atoms with Crippen molar-refractivity contribution < 1.29 is 35.8 Å². The highest BCUT2D eigenvalue weighted by Crippen LogP contribution is 2.42. The third kappa shape index (κ3) is 4.77. The second-order valence-corrected chi connectivity index (χ2v) is 5.98. The number of hydrogen-bond acceptors (Lipinski definition) is 2. The zero-order valence-corrected chi connectivity index (χ0v) is 13.6. The zero-order chi connectivity index (χ0) is 18.3. The van der Waals surface area contributed by atoms with Crippen LogP contribution in [0.5, 0.6) is 0 Å². The average Bonchev–Trinajstić information content (AvgIpc) is 2.97. The van der Waals surface area contributed by atoms with Gasteiger partial charge in [0.25, 0.3) is 0 Å². The Morgan fingerprint density at radius 1 is 1.00 bits per heavy atom. The molecule has 1 aromatic carbocycles. The van der Waals surface area contributed by atoms with Gasteiger partial charge < -0.3 is 10.8 Å². The molecule has 10 heteroatoms. The second kappa shape index (κ2) is 7.67. The second-order valence-electron chi connectivity index (χ2n) is 5.98. The first kappa shape index (κ1) is 22.0. The lowest BCUT2D eigenvalue weighted by Gasteiger charge is -2.27. The van der Waals surface area contributed by atoms with Crippen LogP contribution in [0.2, 0.25) is 0 Å². The van der Waals surface area contributed by atoms with Gasteiger partial charge in [0, 0.05) is 5.56 Å². The van der Waals surface area contributed by atoms with E-state index >= 15 is 0 Å². The Morgan fingerprint density at radius 2 is 1.52 bits per heavy atom. The van der Waals surface area contributed by atoms with Crippen molar-refractivity contribution in [3.8, 4) is 0 Å². The van der Waals surface area contributed by atoms with Crippen LogP contribution in [0.15, 0.2) is 12.1 Å². The summed E-state index contributed by atoms with van der Waals surface area (Å²) >= 11 is 0. The number of nitrogens with two attached hydrogens (primary N) is 1. The largest absolute Gasteiger partial charge is 0.416 e. The smallest absolute Gasteiger partial charge is 0.391 e. The molecule has 0 amide bonds. The maximum Gasteiger partial charge on any atom is 0.416 e. The van der Waals surface area contributed by atoms with Crippen molar-refractivity contribution in [3.05, 3.63) is 34.6 Å². The monoisotopic (exact) mass is 395 g/mol. The first-order valence-corrected chi connectivity index (χ1v) is 7.34. The number of benzene rings is 1. The van der Waals surface area contributed by atoms with Gasteiger partial charge in [-0.2, -0.15) is 26.3 Å². The Bertz CT molecular complexity index is 597. The van der Waals surface area contributed by atoms with E-state index in [2.05, 4.69) is 0 Å². The summed E-state index contributed by atoms with van der Waals surface area (Å²) in [4.78, 5) is 0. The van der Waals surface area contributed by atoms with Crippen molar-refractivity contribution in [1.29, 1.82) is 0 Å². The molecule has 2 nitrogen and oxygen atoms in total. The van der Waals surface area contributed by atoms with Crippen LogP contribution >= 0.6 is 12.4 Å². The predicted octanol–water partition coefficient (Wildman–Crippen LogP) is 4.84. The van der Waals surface area contributed by atoms with Crippen LogP contribution in [0.25, 0.3) is 0 Å². The molecule has 0 aromatic heterocycles.